The maximum absolute atomic E-state index is 5.66. The molecule has 0 atom stereocenters. The summed E-state index contributed by atoms with van der Waals surface area (Å²) in [6, 6.07) is 10.4. The molecule has 0 unspecified atom stereocenters. The third kappa shape index (κ3) is 2.51. The second-order valence-electron chi connectivity index (χ2n) is 4.58. The van der Waals surface area contributed by atoms with Crippen molar-refractivity contribution in [1.29, 1.82) is 0 Å². The van der Waals surface area contributed by atoms with Gasteiger partial charge in [-0.15, -0.1) is 0 Å². The van der Waals surface area contributed by atoms with E-state index in [0.717, 1.165) is 11.4 Å². The lowest BCUT2D eigenvalue weighted by Crippen LogP contribution is -2.13. The zero-order valence-electron chi connectivity index (χ0n) is 11.1. The van der Waals surface area contributed by atoms with Gasteiger partial charge in [-0.3, -0.25) is 0 Å². The van der Waals surface area contributed by atoms with Gasteiger partial charge in [0, 0.05) is 25.5 Å². The molecular weight excluding hydrogens is 222 g/mol. The average Bonchev–Trinajstić information content (AvgIpc) is 2.38. The maximum Gasteiger partial charge on any atom is 0.132 e. The number of anilines is 2. The lowest BCUT2D eigenvalue weighted by atomic mass is 10.1. The van der Waals surface area contributed by atoms with Crippen molar-refractivity contribution in [3.8, 4) is 0 Å². The molecule has 0 aliphatic carbocycles. The van der Waals surface area contributed by atoms with Gasteiger partial charge < -0.3 is 10.6 Å². The van der Waals surface area contributed by atoms with E-state index in [2.05, 4.69) is 41.9 Å². The van der Waals surface area contributed by atoms with E-state index in [1.807, 2.05) is 19.2 Å². The van der Waals surface area contributed by atoms with Gasteiger partial charge in [0.2, 0.25) is 0 Å². The molecule has 0 spiro atoms. The summed E-state index contributed by atoms with van der Waals surface area (Å²) in [6.45, 7) is 4.76. The van der Waals surface area contributed by atoms with Gasteiger partial charge in [0.25, 0.3) is 0 Å². The third-order valence-corrected chi connectivity index (χ3v) is 3.10. The summed E-state index contributed by atoms with van der Waals surface area (Å²) in [5, 5.41) is 0. The molecule has 3 nitrogen and oxygen atoms in total. The summed E-state index contributed by atoms with van der Waals surface area (Å²) in [4.78, 5) is 6.49. The van der Waals surface area contributed by atoms with Gasteiger partial charge in [-0.05, 0) is 43.2 Å². The molecule has 0 radical (unpaired) electrons. The SMILES string of the molecule is Cc1ccc(N(C)c2cc(CN)ccn2)c(C)c1. The van der Waals surface area contributed by atoms with Crippen molar-refractivity contribution in [2.45, 2.75) is 20.4 Å². The molecule has 1 aromatic carbocycles. The Bertz CT molecular complexity index is 549. The number of nitrogens with zero attached hydrogens (tertiary/aromatic N) is 2. The summed E-state index contributed by atoms with van der Waals surface area (Å²) in [5.41, 5.74) is 10.4. The van der Waals surface area contributed by atoms with Crippen LogP contribution in [-0.2, 0) is 6.54 Å². The van der Waals surface area contributed by atoms with Crippen molar-refractivity contribution in [3.63, 3.8) is 0 Å². The molecular formula is C15H19N3. The Morgan fingerprint density at radius 1 is 1.17 bits per heavy atom. The normalized spacial score (nSPS) is 10.4. The molecule has 0 bridgehead atoms. The summed E-state index contributed by atoms with van der Waals surface area (Å²) >= 11 is 0. The Morgan fingerprint density at radius 3 is 2.61 bits per heavy atom. The molecule has 0 aliphatic rings. The Morgan fingerprint density at radius 2 is 1.94 bits per heavy atom. The predicted molar refractivity (Wildman–Crippen MR) is 76.1 cm³/mol. The number of rotatable bonds is 3. The molecule has 1 aromatic heterocycles. The minimum absolute atomic E-state index is 0.538. The predicted octanol–water partition coefficient (Wildman–Crippen LogP) is 2.93. The fourth-order valence-electron chi connectivity index (χ4n) is 2.08. The fraction of sp³-hybridized carbons (Fsp3) is 0.267. The Balaban J connectivity index is 2.37. The minimum Gasteiger partial charge on any atom is -0.329 e. The first-order chi connectivity index (χ1) is 8.61. The number of benzene rings is 1. The van der Waals surface area contributed by atoms with E-state index < -0.39 is 0 Å². The summed E-state index contributed by atoms with van der Waals surface area (Å²) < 4.78 is 0. The lowest BCUT2D eigenvalue weighted by molar-refractivity contribution is 1.04. The Kier molecular flexibility index (Phi) is 3.63. The van der Waals surface area contributed by atoms with Crippen molar-refractivity contribution in [2.24, 2.45) is 5.73 Å². The van der Waals surface area contributed by atoms with Crippen molar-refractivity contribution in [1.82, 2.24) is 4.98 Å². The third-order valence-electron chi connectivity index (χ3n) is 3.10. The summed E-state index contributed by atoms with van der Waals surface area (Å²) in [6.07, 6.45) is 1.80. The smallest absolute Gasteiger partial charge is 0.132 e. The second kappa shape index (κ2) is 5.19. The van der Waals surface area contributed by atoms with Gasteiger partial charge in [-0.1, -0.05) is 17.7 Å². The van der Waals surface area contributed by atoms with Crippen LogP contribution < -0.4 is 10.6 Å². The van der Waals surface area contributed by atoms with Gasteiger partial charge >= 0.3 is 0 Å². The first-order valence-electron chi connectivity index (χ1n) is 6.08. The highest BCUT2D eigenvalue weighted by Gasteiger charge is 2.08. The van der Waals surface area contributed by atoms with E-state index in [1.54, 1.807) is 6.20 Å². The van der Waals surface area contributed by atoms with Crippen LogP contribution in [0.4, 0.5) is 11.5 Å². The van der Waals surface area contributed by atoms with Gasteiger partial charge in [-0.25, -0.2) is 4.98 Å². The van der Waals surface area contributed by atoms with Crippen molar-refractivity contribution in [3.05, 3.63) is 53.2 Å². The maximum atomic E-state index is 5.66. The molecule has 1 heterocycles. The molecule has 0 saturated heterocycles. The Hall–Kier alpha value is -1.87. The monoisotopic (exact) mass is 241 g/mol. The number of hydrogen-bond acceptors (Lipinski definition) is 3. The molecule has 0 amide bonds. The number of aromatic nitrogens is 1. The number of aryl methyl sites for hydroxylation is 2. The molecule has 3 heteroatoms. The van der Waals surface area contributed by atoms with Crippen LogP contribution in [0.1, 0.15) is 16.7 Å². The highest BCUT2D eigenvalue weighted by atomic mass is 15.2. The number of pyridine rings is 1. The van der Waals surface area contributed by atoms with E-state index in [9.17, 15) is 0 Å². The van der Waals surface area contributed by atoms with Crippen LogP contribution in [-0.4, -0.2) is 12.0 Å². The zero-order chi connectivity index (χ0) is 13.1. The molecule has 0 fully saturated rings. The highest BCUT2D eigenvalue weighted by molar-refractivity contribution is 5.63. The van der Waals surface area contributed by atoms with Gasteiger partial charge in [-0.2, -0.15) is 0 Å². The lowest BCUT2D eigenvalue weighted by Gasteiger charge is -2.21. The minimum atomic E-state index is 0.538. The largest absolute Gasteiger partial charge is 0.329 e. The van der Waals surface area contributed by atoms with Crippen molar-refractivity contribution >= 4 is 11.5 Å². The average molecular weight is 241 g/mol. The van der Waals surface area contributed by atoms with Gasteiger partial charge in [0.05, 0.1) is 0 Å². The first kappa shape index (κ1) is 12.6. The zero-order valence-corrected chi connectivity index (χ0v) is 11.1. The van der Waals surface area contributed by atoms with Crippen LogP contribution in [0, 0.1) is 13.8 Å². The molecule has 18 heavy (non-hydrogen) atoms. The fourth-order valence-corrected chi connectivity index (χ4v) is 2.08. The topological polar surface area (TPSA) is 42.1 Å². The van der Waals surface area contributed by atoms with Crippen LogP contribution in [0.3, 0.4) is 0 Å². The van der Waals surface area contributed by atoms with E-state index in [4.69, 9.17) is 5.73 Å². The molecule has 2 rings (SSSR count). The second-order valence-corrected chi connectivity index (χ2v) is 4.58. The van der Waals surface area contributed by atoms with Gasteiger partial charge in [0.1, 0.15) is 5.82 Å². The van der Waals surface area contributed by atoms with Gasteiger partial charge in [0.15, 0.2) is 0 Å². The highest BCUT2D eigenvalue weighted by Crippen LogP contribution is 2.26. The van der Waals surface area contributed by atoms with Crippen molar-refractivity contribution in [2.75, 3.05) is 11.9 Å². The summed E-state index contributed by atoms with van der Waals surface area (Å²) in [5.74, 6) is 0.921. The van der Waals surface area contributed by atoms with E-state index in [0.29, 0.717) is 6.54 Å². The molecule has 2 aromatic rings. The van der Waals surface area contributed by atoms with Crippen LogP contribution in [0.5, 0.6) is 0 Å². The first-order valence-corrected chi connectivity index (χ1v) is 6.08. The molecule has 94 valence electrons. The molecule has 0 saturated carbocycles. The molecule has 0 aliphatic heterocycles. The standard InChI is InChI=1S/C15H19N3/c1-11-4-5-14(12(2)8-11)18(3)15-9-13(10-16)6-7-17-15/h4-9H,10,16H2,1-3H3. The summed E-state index contributed by atoms with van der Waals surface area (Å²) in [7, 11) is 2.03. The number of nitrogens with two attached hydrogens (primary N) is 1. The Labute approximate surface area is 108 Å². The van der Waals surface area contributed by atoms with Crippen LogP contribution in [0.25, 0.3) is 0 Å². The van der Waals surface area contributed by atoms with Crippen molar-refractivity contribution < 1.29 is 0 Å². The quantitative estimate of drug-likeness (QED) is 0.898. The van der Waals surface area contributed by atoms with E-state index in [1.165, 1.54) is 16.8 Å². The van der Waals surface area contributed by atoms with Crippen LogP contribution in [0.15, 0.2) is 36.5 Å². The number of hydrogen-bond donors (Lipinski definition) is 1. The molecule has 2 N–H and O–H groups in total. The van der Waals surface area contributed by atoms with E-state index in [-0.39, 0.29) is 0 Å². The van der Waals surface area contributed by atoms with E-state index >= 15 is 0 Å². The van der Waals surface area contributed by atoms with Crippen LogP contribution >= 0.6 is 0 Å². The van der Waals surface area contributed by atoms with Crippen LogP contribution in [0.2, 0.25) is 0 Å².